The zero-order valence-electron chi connectivity index (χ0n) is 17.4. The number of aromatic hydroxyl groups is 1. The molecule has 0 spiro atoms. The van der Waals surface area contributed by atoms with Crippen LogP contribution < -0.4 is 11.1 Å². The summed E-state index contributed by atoms with van der Waals surface area (Å²) in [5.74, 6) is -3.37. The van der Waals surface area contributed by atoms with Gasteiger partial charge in [-0.05, 0) is 43.5 Å². The van der Waals surface area contributed by atoms with Gasteiger partial charge in [0, 0.05) is 11.9 Å². The third kappa shape index (κ3) is 7.07. The molecular formula is C21H27F2N3O4. The third-order valence-corrected chi connectivity index (χ3v) is 4.27. The van der Waals surface area contributed by atoms with Gasteiger partial charge < -0.3 is 20.9 Å². The van der Waals surface area contributed by atoms with E-state index in [1.807, 2.05) is 20.8 Å². The molecule has 3 rings (SSSR count). The van der Waals surface area contributed by atoms with Crippen molar-refractivity contribution in [2.75, 3.05) is 5.32 Å². The summed E-state index contributed by atoms with van der Waals surface area (Å²) in [4.78, 5) is 26.8. The topological polar surface area (TPSA) is 115 Å². The lowest BCUT2D eigenvalue weighted by molar-refractivity contribution is -0.126. The van der Waals surface area contributed by atoms with Crippen LogP contribution in [0.2, 0.25) is 0 Å². The molecule has 1 fully saturated rings. The molecule has 7 nitrogen and oxygen atoms in total. The number of nitrogens with one attached hydrogen (secondary N) is 1. The number of halogens is 2. The highest BCUT2D eigenvalue weighted by Crippen LogP contribution is 2.26. The lowest BCUT2D eigenvalue weighted by Gasteiger charge is -2.11. The smallest absolute Gasteiger partial charge is 0.267 e. The van der Waals surface area contributed by atoms with E-state index in [0.29, 0.717) is 18.0 Å². The van der Waals surface area contributed by atoms with E-state index in [-0.39, 0.29) is 17.7 Å². The Morgan fingerprint density at radius 3 is 2.40 bits per heavy atom. The molecule has 164 valence electrons. The maximum Gasteiger partial charge on any atom is 0.267 e. The summed E-state index contributed by atoms with van der Waals surface area (Å²) in [7, 11) is 0. The first-order valence-electron chi connectivity index (χ1n) is 9.54. The highest BCUT2D eigenvalue weighted by atomic mass is 19.2. The number of phenols is 1. The second-order valence-corrected chi connectivity index (χ2v) is 6.40. The SMILES string of the molecule is CC.CC1C[C@H](C(=O)Nc2ccnc(C(N)=O)c2)OC1C.Oc1cccc(F)c1F. The maximum absolute atomic E-state index is 12.1. The highest BCUT2D eigenvalue weighted by Gasteiger charge is 2.33. The monoisotopic (exact) mass is 423 g/mol. The fourth-order valence-corrected chi connectivity index (χ4v) is 2.51. The first-order chi connectivity index (χ1) is 14.2. The number of carbonyl (C=O) groups excluding carboxylic acids is 2. The molecule has 0 saturated carbocycles. The molecule has 30 heavy (non-hydrogen) atoms. The molecule has 9 heteroatoms. The molecule has 1 aromatic heterocycles. The van der Waals surface area contributed by atoms with Crippen LogP contribution in [-0.2, 0) is 9.53 Å². The van der Waals surface area contributed by atoms with Gasteiger partial charge in [-0.2, -0.15) is 4.39 Å². The van der Waals surface area contributed by atoms with Crippen molar-refractivity contribution in [3.05, 3.63) is 53.9 Å². The molecule has 4 N–H and O–H groups in total. The summed E-state index contributed by atoms with van der Waals surface area (Å²) in [5, 5.41) is 11.2. The van der Waals surface area contributed by atoms with Crippen molar-refractivity contribution in [1.82, 2.24) is 4.98 Å². The number of benzene rings is 1. The Kier molecular flexibility index (Phi) is 9.83. The average molecular weight is 423 g/mol. The Morgan fingerprint density at radius 2 is 1.90 bits per heavy atom. The average Bonchev–Trinajstić information content (AvgIpc) is 3.07. The summed E-state index contributed by atoms with van der Waals surface area (Å²) in [5.41, 5.74) is 5.74. The number of hydrogen-bond acceptors (Lipinski definition) is 5. The molecule has 1 aliphatic rings. The molecule has 2 amide bonds. The molecule has 1 saturated heterocycles. The van der Waals surface area contributed by atoms with E-state index in [9.17, 15) is 18.4 Å². The molecule has 1 aliphatic heterocycles. The number of carbonyl (C=O) groups is 2. The molecule has 0 aliphatic carbocycles. The molecule has 2 unspecified atom stereocenters. The van der Waals surface area contributed by atoms with Crippen LogP contribution in [0.4, 0.5) is 14.5 Å². The van der Waals surface area contributed by atoms with Gasteiger partial charge in [0.05, 0.1) is 6.10 Å². The molecule has 2 aromatic rings. The van der Waals surface area contributed by atoms with E-state index >= 15 is 0 Å². The quantitative estimate of drug-likeness (QED) is 0.697. The predicted octanol–water partition coefficient (Wildman–Crippen LogP) is 3.63. The minimum absolute atomic E-state index is 0.0781. The van der Waals surface area contributed by atoms with Gasteiger partial charge in [0.1, 0.15) is 11.8 Å². The molecule has 3 atom stereocenters. The number of amides is 2. The van der Waals surface area contributed by atoms with Crippen LogP contribution in [0.15, 0.2) is 36.5 Å². The van der Waals surface area contributed by atoms with Gasteiger partial charge in [-0.1, -0.05) is 26.8 Å². The van der Waals surface area contributed by atoms with Crippen molar-refractivity contribution in [1.29, 1.82) is 0 Å². The second kappa shape index (κ2) is 11.8. The van der Waals surface area contributed by atoms with Crippen LogP contribution in [0, 0.1) is 17.6 Å². The van der Waals surface area contributed by atoms with Crippen molar-refractivity contribution in [2.24, 2.45) is 11.7 Å². The number of pyridine rings is 1. The van der Waals surface area contributed by atoms with Gasteiger partial charge in [0.25, 0.3) is 11.8 Å². The summed E-state index contributed by atoms with van der Waals surface area (Å²) >= 11 is 0. The summed E-state index contributed by atoms with van der Waals surface area (Å²) < 4.78 is 29.7. The van der Waals surface area contributed by atoms with Crippen LogP contribution in [0.3, 0.4) is 0 Å². The minimum Gasteiger partial charge on any atom is -0.505 e. The predicted molar refractivity (Wildman–Crippen MR) is 109 cm³/mol. The Morgan fingerprint density at radius 1 is 1.23 bits per heavy atom. The number of aromatic nitrogens is 1. The van der Waals surface area contributed by atoms with Gasteiger partial charge in [-0.15, -0.1) is 0 Å². The fourth-order valence-electron chi connectivity index (χ4n) is 2.51. The third-order valence-electron chi connectivity index (χ3n) is 4.27. The summed E-state index contributed by atoms with van der Waals surface area (Å²) in [6, 6.07) is 6.30. The second-order valence-electron chi connectivity index (χ2n) is 6.40. The normalized spacial score (nSPS) is 19.6. The number of anilines is 1. The minimum atomic E-state index is -1.20. The number of nitrogens with zero attached hydrogens (tertiary/aromatic N) is 1. The Hall–Kier alpha value is -3.07. The van der Waals surface area contributed by atoms with Crippen molar-refractivity contribution in [3.63, 3.8) is 0 Å². The Labute approximate surface area is 174 Å². The first-order valence-corrected chi connectivity index (χ1v) is 9.54. The largest absolute Gasteiger partial charge is 0.505 e. The number of phenolic OH excluding ortho intramolecular Hbond substituents is 1. The van der Waals surface area contributed by atoms with Crippen molar-refractivity contribution in [3.8, 4) is 5.75 Å². The van der Waals surface area contributed by atoms with E-state index in [1.54, 1.807) is 6.07 Å². The van der Waals surface area contributed by atoms with E-state index in [1.165, 1.54) is 18.3 Å². The van der Waals surface area contributed by atoms with Gasteiger partial charge in [-0.25, -0.2) is 4.39 Å². The first kappa shape index (κ1) is 25.0. The molecule has 1 aromatic carbocycles. The molecule has 0 radical (unpaired) electrons. The van der Waals surface area contributed by atoms with Crippen molar-refractivity contribution >= 4 is 17.5 Å². The van der Waals surface area contributed by atoms with E-state index in [4.69, 9.17) is 15.6 Å². The standard InChI is InChI=1S/C13H17N3O3.C6H4F2O.C2H6/c1-7-5-11(19-8(7)2)13(18)16-9-3-4-15-10(6-9)12(14)17;7-4-2-1-3-5(9)6(4)8;1-2/h3-4,6-8,11H,5H2,1-2H3,(H2,14,17)(H,15,16,18);1-3,9H;1-2H3/t7?,8?,11-;;/m1../s1. The van der Waals surface area contributed by atoms with Gasteiger partial charge in [-0.3, -0.25) is 14.6 Å². The van der Waals surface area contributed by atoms with Crippen molar-refractivity contribution in [2.45, 2.75) is 46.3 Å². The number of primary amides is 1. The van der Waals surface area contributed by atoms with Gasteiger partial charge in [0.15, 0.2) is 17.4 Å². The van der Waals surface area contributed by atoms with Crippen LogP contribution in [-0.4, -0.2) is 34.1 Å². The number of rotatable bonds is 3. The lowest BCUT2D eigenvalue weighted by Crippen LogP contribution is -2.28. The van der Waals surface area contributed by atoms with Crippen LogP contribution in [0.5, 0.6) is 5.75 Å². The molecule has 0 bridgehead atoms. The molecule has 2 heterocycles. The highest BCUT2D eigenvalue weighted by molar-refractivity contribution is 5.96. The van der Waals surface area contributed by atoms with E-state index in [0.717, 1.165) is 12.1 Å². The number of ether oxygens (including phenoxy) is 1. The number of nitrogens with two attached hydrogens (primary N) is 1. The molecular weight excluding hydrogens is 396 g/mol. The zero-order valence-corrected chi connectivity index (χ0v) is 17.4. The van der Waals surface area contributed by atoms with E-state index in [2.05, 4.69) is 17.2 Å². The van der Waals surface area contributed by atoms with Crippen LogP contribution in [0.1, 0.15) is 44.6 Å². The maximum atomic E-state index is 12.1. The summed E-state index contributed by atoms with van der Waals surface area (Å²) in [6.07, 6.45) is 1.75. The Bertz CT molecular complexity index is 834. The summed E-state index contributed by atoms with van der Waals surface area (Å²) in [6.45, 7) is 8.01. The van der Waals surface area contributed by atoms with E-state index < -0.39 is 29.4 Å². The van der Waals surface area contributed by atoms with Crippen LogP contribution in [0.25, 0.3) is 0 Å². The van der Waals surface area contributed by atoms with Crippen molar-refractivity contribution < 1.29 is 28.2 Å². The number of hydrogen-bond donors (Lipinski definition) is 3. The lowest BCUT2D eigenvalue weighted by atomic mass is 10.0. The Balaban J connectivity index is 0.000000342. The zero-order chi connectivity index (χ0) is 22.8. The van der Waals surface area contributed by atoms with Gasteiger partial charge in [0.2, 0.25) is 0 Å². The fraction of sp³-hybridized carbons (Fsp3) is 0.381. The van der Waals surface area contributed by atoms with Crippen LogP contribution >= 0.6 is 0 Å². The van der Waals surface area contributed by atoms with Gasteiger partial charge >= 0.3 is 0 Å².